The van der Waals surface area contributed by atoms with E-state index in [0.29, 0.717) is 9.82 Å². The van der Waals surface area contributed by atoms with E-state index < -0.39 is 0 Å². The molecule has 0 aliphatic heterocycles. The first-order valence-corrected chi connectivity index (χ1v) is 6.85. The number of halogens is 3. The summed E-state index contributed by atoms with van der Waals surface area (Å²) in [5, 5.41) is 3.68. The van der Waals surface area contributed by atoms with Crippen LogP contribution in [0.2, 0.25) is 5.15 Å². The maximum Gasteiger partial charge on any atom is 0.169 e. The van der Waals surface area contributed by atoms with Crippen LogP contribution in [-0.4, -0.2) is 4.98 Å². The Labute approximate surface area is 121 Å². The van der Waals surface area contributed by atoms with Crippen LogP contribution in [-0.2, 0) is 0 Å². The first-order chi connectivity index (χ1) is 8.06. The number of hydrogen-bond donors (Lipinski definition) is 1. The Balaban J connectivity index is 2.18. The molecule has 3 nitrogen and oxygen atoms in total. The van der Waals surface area contributed by atoms with Crippen molar-refractivity contribution in [2.45, 2.75) is 13.0 Å². The largest absolute Gasteiger partial charge is 0.452 e. The summed E-state index contributed by atoms with van der Waals surface area (Å²) in [4.78, 5) is 4.05. The summed E-state index contributed by atoms with van der Waals surface area (Å²) in [5.74, 6) is 0.827. The Kier molecular flexibility index (Phi) is 4.12. The van der Waals surface area contributed by atoms with E-state index >= 15 is 0 Å². The summed E-state index contributed by atoms with van der Waals surface area (Å²) >= 11 is 12.6. The van der Waals surface area contributed by atoms with E-state index in [2.05, 4.69) is 42.2 Å². The predicted molar refractivity (Wildman–Crippen MR) is 75.4 cm³/mol. The van der Waals surface area contributed by atoms with Crippen LogP contribution >= 0.6 is 43.5 Å². The zero-order valence-corrected chi connectivity index (χ0v) is 12.8. The van der Waals surface area contributed by atoms with Crippen molar-refractivity contribution in [3.05, 3.63) is 44.5 Å². The van der Waals surface area contributed by atoms with Gasteiger partial charge in [0.1, 0.15) is 5.76 Å². The summed E-state index contributed by atoms with van der Waals surface area (Å²) < 4.78 is 7.05. The monoisotopic (exact) mass is 378 g/mol. The number of furan rings is 1. The molecule has 90 valence electrons. The predicted octanol–water partition coefficient (Wildman–Crippen LogP) is 5.03. The van der Waals surface area contributed by atoms with E-state index in [-0.39, 0.29) is 6.04 Å². The molecule has 2 heterocycles. The average Bonchev–Trinajstić information content (AvgIpc) is 2.70. The van der Waals surface area contributed by atoms with Gasteiger partial charge in [0, 0.05) is 10.7 Å². The minimum atomic E-state index is 0.00917. The molecule has 0 aliphatic carbocycles. The fraction of sp³-hybridized carbons (Fsp3) is 0.182. The number of hydrogen-bond acceptors (Lipinski definition) is 3. The summed E-state index contributed by atoms with van der Waals surface area (Å²) in [7, 11) is 0. The highest BCUT2D eigenvalue weighted by atomic mass is 79.9. The lowest BCUT2D eigenvalue weighted by Crippen LogP contribution is -2.06. The molecule has 0 amide bonds. The molecule has 0 radical (unpaired) electrons. The van der Waals surface area contributed by atoms with E-state index in [9.17, 15) is 0 Å². The van der Waals surface area contributed by atoms with E-state index in [1.165, 1.54) is 0 Å². The van der Waals surface area contributed by atoms with E-state index in [1.807, 2.05) is 25.1 Å². The summed E-state index contributed by atoms with van der Waals surface area (Å²) in [5.41, 5.74) is 0.765. The van der Waals surface area contributed by atoms with Crippen molar-refractivity contribution < 1.29 is 4.42 Å². The fourth-order valence-electron chi connectivity index (χ4n) is 1.39. The van der Waals surface area contributed by atoms with Gasteiger partial charge in [-0.15, -0.1) is 0 Å². The molecule has 0 bridgehead atoms. The van der Waals surface area contributed by atoms with Gasteiger partial charge >= 0.3 is 0 Å². The SMILES string of the molecule is CC(Nc1cc(Br)cnc1Cl)c1ccc(Br)o1. The molecule has 1 atom stereocenters. The Bertz CT molecular complexity index is 530. The normalized spacial score (nSPS) is 12.5. The molecule has 0 spiro atoms. The van der Waals surface area contributed by atoms with Gasteiger partial charge in [-0.05, 0) is 57.0 Å². The maximum atomic E-state index is 6.00. The molecule has 0 saturated carbocycles. The minimum Gasteiger partial charge on any atom is -0.452 e. The van der Waals surface area contributed by atoms with Crippen molar-refractivity contribution in [1.82, 2.24) is 4.98 Å². The first-order valence-electron chi connectivity index (χ1n) is 4.89. The van der Waals surface area contributed by atoms with Crippen LogP contribution in [0.4, 0.5) is 5.69 Å². The lowest BCUT2D eigenvalue weighted by molar-refractivity contribution is 0.471. The zero-order chi connectivity index (χ0) is 12.4. The van der Waals surface area contributed by atoms with Crippen molar-refractivity contribution in [3.8, 4) is 0 Å². The molecule has 0 aromatic carbocycles. The summed E-state index contributed by atoms with van der Waals surface area (Å²) in [6.07, 6.45) is 1.65. The topological polar surface area (TPSA) is 38.1 Å². The van der Waals surface area contributed by atoms with E-state index in [4.69, 9.17) is 16.0 Å². The van der Waals surface area contributed by atoms with Crippen molar-refractivity contribution in [1.29, 1.82) is 0 Å². The second-order valence-corrected chi connectivity index (χ2v) is 5.56. The third-order valence-corrected chi connectivity index (χ3v) is 3.36. The number of pyridine rings is 1. The van der Waals surface area contributed by atoms with Crippen LogP contribution in [0, 0.1) is 0 Å². The highest BCUT2D eigenvalue weighted by Gasteiger charge is 2.12. The van der Waals surface area contributed by atoms with Crippen molar-refractivity contribution in [2.75, 3.05) is 5.32 Å². The standard InChI is InChI=1S/C11H9Br2ClN2O/c1-6(9-2-3-10(13)17-9)16-8-4-7(12)5-15-11(8)14/h2-6,16H,1H3. The number of nitrogens with zero attached hydrogens (tertiary/aromatic N) is 1. The molecule has 6 heteroatoms. The van der Waals surface area contributed by atoms with Crippen LogP contribution < -0.4 is 5.32 Å². The van der Waals surface area contributed by atoms with Gasteiger partial charge in [0.05, 0.1) is 11.7 Å². The molecule has 2 aromatic heterocycles. The lowest BCUT2D eigenvalue weighted by Gasteiger charge is -2.13. The van der Waals surface area contributed by atoms with Crippen molar-refractivity contribution in [2.24, 2.45) is 0 Å². The van der Waals surface area contributed by atoms with Crippen LogP contribution in [0.15, 0.2) is 38.0 Å². The molecule has 0 aliphatic rings. The van der Waals surface area contributed by atoms with E-state index in [1.54, 1.807) is 6.20 Å². The van der Waals surface area contributed by atoms with Crippen LogP contribution in [0.1, 0.15) is 18.7 Å². The quantitative estimate of drug-likeness (QED) is 0.760. The van der Waals surface area contributed by atoms with Crippen LogP contribution in [0.3, 0.4) is 0 Å². The van der Waals surface area contributed by atoms with Crippen LogP contribution in [0.25, 0.3) is 0 Å². The van der Waals surface area contributed by atoms with Gasteiger partial charge in [0.2, 0.25) is 0 Å². The smallest absolute Gasteiger partial charge is 0.169 e. The van der Waals surface area contributed by atoms with Gasteiger partial charge in [-0.2, -0.15) is 0 Å². The Hall–Kier alpha value is -0.520. The number of aromatic nitrogens is 1. The molecule has 1 unspecified atom stereocenters. The minimum absolute atomic E-state index is 0.00917. The highest BCUT2D eigenvalue weighted by Crippen LogP contribution is 2.28. The molecular formula is C11H9Br2ClN2O. The Morgan fingerprint density at radius 1 is 1.41 bits per heavy atom. The third kappa shape index (κ3) is 3.24. The zero-order valence-electron chi connectivity index (χ0n) is 8.88. The van der Waals surface area contributed by atoms with Gasteiger partial charge in [-0.3, -0.25) is 0 Å². The second-order valence-electron chi connectivity index (χ2n) is 3.50. The highest BCUT2D eigenvalue weighted by molar-refractivity contribution is 9.10. The third-order valence-electron chi connectivity index (χ3n) is 2.20. The van der Waals surface area contributed by atoms with Gasteiger partial charge in [0.25, 0.3) is 0 Å². The molecule has 2 rings (SSSR count). The fourth-order valence-corrected chi connectivity index (χ4v) is 2.20. The Morgan fingerprint density at radius 3 is 2.82 bits per heavy atom. The summed E-state index contributed by atoms with van der Waals surface area (Å²) in [6, 6.07) is 5.65. The van der Waals surface area contributed by atoms with Crippen molar-refractivity contribution in [3.63, 3.8) is 0 Å². The average molecular weight is 380 g/mol. The maximum absolute atomic E-state index is 6.00. The molecule has 0 saturated heterocycles. The Morgan fingerprint density at radius 2 is 2.18 bits per heavy atom. The number of rotatable bonds is 3. The summed E-state index contributed by atoms with van der Waals surface area (Å²) in [6.45, 7) is 1.99. The number of nitrogens with one attached hydrogen (secondary N) is 1. The molecule has 2 aromatic rings. The lowest BCUT2D eigenvalue weighted by atomic mass is 10.2. The molecule has 1 N–H and O–H groups in total. The van der Waals surface area contributed by atoms with Gasteiger partial charge in [0.15, 0.2) is 9.82 Å². The molecule has 17 heavy (non-hydrogen) atoms. The van der Waals surface area contributed by atoms with Gasteiger partial charge in [-0.25, -0.2) is 4.98 Å². The number of anilines is 1. The first kappa shape index (κ1) is 12.9. The van der Waals surface area contributed by atoms with Crippen molar-refractivity contribution >= 4 is 49.1 Å². The second kappa shape index (κ2) is 5.42. The van der Waals surface area contributed by atoms with Crippen LogP contribution in [0.5, 0.6) is 0 Å². The van der Waals surface area contributed by atoms with Gasteiger partial charge in [-0.1, -0.05) is 11.6 Å². The van der Waals surface area contributed by atoms with Gasteiger partial charge < -0.3 is 9.73 Å². The molecular weight excluding hydrogens is 371 g/mol. The van der Waals surface area contributed by atoms with E-state index in [0.717, 1.165) is 15.9 Å². The molecule has 0 fully saturated rings.